The van der Waals surface area contributed by atoms with Gasteiger partial charge in [-0.25, -0.2) is 0 Å². The number of ether oxygens (including phenoxy) is 1. The second kappa shape index (κ2) is 5.03. The van der Waals surface area contributed by atoms with Crippen molar-refractivity contribution in [1.29, 1.82) is 0 Å². The Hall–Kier alpha value is 0.180. The fourth-order valence-electron chi connectivity index (χ4n) is 1.23. The molecule has 1 aliphatic rings. The van der Waals surface area contributed by atoms with Crippen molar-refractivity contribution in [3.8, 4) is 0 Å². The van der Waals surface area contributed by atoms with Gasteiger partial charge >= 0.3 is 0 Å². The van der Waals surface area contributed by atoms with Gasteiger partial charge in [-0.05, 0) is 13.3 Å². The van der Waals surface area contributed by atoms with E-state index >= 15 is 0 Å². The zero-order valence-corrected chi connectivity index (χ0v) is 9.17. The van der Waals surface area contributed by atoms with E-state index in [1.54, 1.807) is 0 Å². The number of hydrogen-bond donors (Lipinski definition) is 0. The van der Waals surface area contributed by atoms with E-state index in [0.717, 1.165) is 31.0 Å². The molecule has 1 unspecified atom stereocenters. The topological polar surface area (TPSA) is 9.23 Å². The number of halogens is 1. The molecule has 0 amide bonds. The van der Waals surface area contributed by atoms with Gasteiger partial charge in [-0.2, -0.15) is 0 Å². The molecule has 0 bridgehead atoms. The fraction of sp³-hybridized carbons (Fsp3) is 0.778. The van der Waals surface area contributed by atoms with Gasteiger partial charge in [0.2, 0.25) is 0 Å². The molecule has 1 aliphatic heterocycles. The molecule has 1 rings (SSSR count). The van der Waals surface area contributed by atoms with Crippen LogP contribution in [-0.2, 0) is 4.74 Å². The molecular formula is C9H15ClOS. The van der Waals surface area contributed by atoms with E-state index in [1.165, 1.54) is 4.91 Å². The summed E-state index contributed by atoms with van der Waals surface area (Å²) in [5.74, 6) is 2.16. The van der Waals surface area contributed by atoms with Crippen LogP contribution in [0.25, 0.3) is 0 Å². The van der Waals surface area contributed by atoms with E-state index in [-0.39, 0.29) is 5.38 Å². The smallest absolute Gasteiger partial charge is 0.107 e. The van der Waals surface area contributed by atoms with Crippen LogP contribution >= 0.6 is 23.4 Å². The van der Waals surface area contributed by atoms with Crippen molar-refractivity contribution >= 4 is 23.4 Å². The minimum Gasteiger partial charge on any atom is -0.496 e. The fourth-order valence-corrected chi connectivity index (χ4v) is 2.48. The molecule has 1 atom stereocenters. The van der Waals surface area contributed by atoms with Crippen molar-refractivity contribution in [2.24, 2.45) is 0 Å². The predicted octanol–water partition coefficient (Wildman–Crippen LogP) is 3.39. The highest BCUT2D eigenvalue weighted by atomic mass is 35.5. The number of hydrogen-bond acceptors (Lipinski definition) is 2. The maximum Gasteiger partial charge on any atom is 0.107 e. The molecule has 0 fully saturated rings. The Morgan fingerprint density at radius 1 is 1.67 bits per heavy atom. The van der Waals surface area contributed by atoms with Crippen LogP contribution in [0.5, 0.6) is 0 Å². The van der Waals surface area contributed by atoms with E-state index < -0.39 is 0 Å². The number of thioether (sulfide) groups is 1. The summed E-state index contributed by atoms with van der Waals surface area (Å²) in [5, 5.41) is 0.108. The standard InChI is InChI=1S/C9H15ClOS/c1-3-4-8-9(7(2)10)12-6-5-11-8/h7H,3-6H2,1-2H3. The number of allylic oxidation sites excluding steroid dienone is 2. The number of rotatable bonds is 3. The lowest BCUT2D eigenvalue weighted by atomic mass is 10.2. The lowest BCUT2D eigenvalue weighted by Crippen LogP contribution is -2.11. The molecule has 0 aromatic rings. The van der Waals surface area contributed by atoms with Gasteiger partial charge in [0, 0.05) is 17.1 Å². The SMILES string of the molecule is CCCC1=C(C(C)Cl)SCCO1. The molecule has 12 heavy (non-hydrogen) atoms. The van der Waals surface area contributed by atoms with Gasteiger partial charge in [0.05, 0.1) is 12.0 Å². The summed E-state index contributed by atoms with van der Waals surface area (Å²) in [7, 11) is 0. The third-order valence-corrected chi connectivity index (χ3v) is 3.34. The Labute approximate surface area is 83.5 Å². The zero-order chi connectivity index (χ0) is 8.97. The van der Waals surface area contributed by atoms with Crippen LogP contribution < -0.4 is 0 Å². The highest BCUT2D eigenvalue weighted by Gasteiger charge is 2.17. The first-order chi connectivity index (χ1) is 5.75. The zero-order valence-electron chi connectivity index (χ0n) is 7.60. The monoisotopic (exact) mass is 206 g/mol. The van der Waals surface area contributed by atoms with Crippen molar-refractivity contribution in [1.82, 2.24) is 0 Å². The Balaban J connectivity index is 2.68. The Morgan fingerprint density at radius 3 is 3.00 bits per heavy atom. The molecule has 3 heteroatoms. The second-order valence-corrected chi connectivity index (χ2v) is 4.64. The summed E-state index contributed by atoms with van der Waals surface area (Å²) in [6.45, 7) is 5.01. The van der Waals surface area contributed by atoms with Crippen LogP contribution in [0.3, 0.4) is 0 Å². The summed E-state index contributed by atoms with van der Waals surface area (Å²) >= 11 is 7.87. The van der Waals surface area contributed by atoms with Crippen molar-refractivity contribution in [2.75, 3.05) is 12.4 Å². The highest BCUT2D eigenvalue weighted by molar-refractivity contribution is 8.03. The van der Waals surface area contributed by atoms with Gasteiger partial charge in [0.15, 0.2) is 0 Å². The average Bonchev–Trinajstić information content (AvgIpc) is 2.05. The molecule has 1 heterocycles. The molecule has 0 aromatic carbocycles. The third kappa shape index (κ3) is 2.60. The second-order valence-electron chi connectivity index (χ2n) is 2.85. The minimum atomic E-state index is 0.108. The summed E-state index contributed by atoms with van der Waals surface area (Å²) < 4.78 is 5.57. The highest BCUT2D eigenvalue weighted by Crippen LogP contribution is 2.32. The van der Waals surface area contributed by atoms with Gasteiger partial charge in [-0.15, -0.1) is 23.4 Å². The Kier molecular flexibility index (Phi) is 4.30. The average molecular weight is 207 g/mol. The van der Waals surface area contributed by atoms with Gasteiger partial charge < -0.3 is 4.74 Å². The molecule has 0 saturated carbocycles. The minimum absolute atomic E-state index is 0.108. The molecule has 70 valence electrons. The van der Waals surface area contributed by atoms with Crippen LogP contribution in [0.2, 0.25) is 0 Å². The molecule has 1 nitrogen and oxygen atoms in total. The normalized spacial score (nSPS) is 20.6. The summed E-state index contributed by atoms with van der Waals surface area (Å²) in [6.07, 6.45) is 2.16. The molecule has 0 spiro atoms. The van der Waals surface area contributed by atoms with Crippen LogP contribution in [0.1, 0.15) is 26.7 Å². The third-order valence-electron chi connectivity index (χ3n) is 1.73. The molecule has 0 radical (unpaired) electrons. The molecular weight excluding hydrogens is 192 g/mol. The van der Waals surface area contributed by atoms with Gasteiger partial charge in [-0.1, -0.05) is 6.92 Å². The Morgan fingerprint density at radius 2 is 2.42 bits per heavy atom. The Bertz CT molecular complexity index is 177. The first kappa shape index (κ1) is 10.3. The largest absolute Gasteiger partial charge is 0.496 e. The van der Waals surface area contributed by atoms with Crippen LogP contribution in [0.4, 0.5) is 0 Å². The lowest BCUT2D eigenvalue weighted by molar-refractivity contribution is 0.215. The summed E-state index contributed by atoms with van der Waals surface area (Å²) in [4.78, 5) is 1.24. The number of alkyl halides is 1. The van der Waals surface area contributed by atoms with Gasteiger partial charge in [0.1, 0.15) is 5.76 Å². The van der Waals surface area contributed by atoms with Crippen molar-refractivity contribution in [3.63, 3.8) is 0 Å². The maximum absolute atomic E-state index is 6.03. The maximum atomic E-state index is 6.03. The van der Waals surface area contributed by atoms with Crippen LogP contribution in [-0.4, -0.2) is 17.7 Å². The molecule has 0 aromatic heterocycles. The predicted molar refractivity (Wildman–Crippen MR) is 55.7 cm³/mol. The van der Waals surface area contributed by atoms with Crippen molar-refractivity contribution in [3.05, 3.63) is 10.7 Å². The summed E-state index contributed by atoms with van der Waals surface area (Å²) in [6, 6.07) is 0. The lowest BCUT2D eigenvalue weighted by Gasteiger charge is -2.21. The van der Waals surface area contributed by atoms with Crippen LogP contribution in [0.15, 0.2) is 10.7 Å². The van der Waals surface area contributed by atoms with E-state index in [4.69, 9.17) is 16.3 Å². The quantitative estimate of drug-likeness (QED) is 0.655. The van der Waals surface area contributed by atoms with Crippen LogP contribution in [0, 0.1) is 0 Å². The van der Waals surface area contributed by atoms with E-state index in [1.807, 2.05) is 18.7 Å². The van der Waals surface area contributed by atoms with Crippen molar-refractivity contribution < 1.29 is 4.74 Å². The van der Waals surface area contributed by atoms with E-state index in [9.17, 15) is 0 Å². The van der Waals surface area contributed by atoms with Gasteiger partial charge in [-0.3, -0.25) is 0 Å². The van der Waals surface area contributed by atoms with E-state index in [0.29, 0.717) is 0 Å². The van der Waals surface area contributed by atoms with E-state index in [2.05, 4.69) is 6.92 Å². The first-order valence-corrected chi connectivity index (χ1v) is 5.80. The first-order valence-electron chi connectivity index (χ1n) is 4.38. The van der Waals surface area contributed by atoms with Crippen molar-refractivity contribution in [2.45, 2.75) is 32.1 Å². The molecule has 0 aliphatic carbocycles. The summed E-state index contributed by atoms with van der Waals surface area (Å²) in [5.41, 5.74) is 0. The molecule has 0 N–H and O–H groups in total. The molecule has 0 saturated heterocycles. The van der Waals surface area contributed by atoms with Gasteiger partial charge in [0.25, 0.3) is 0 Å².